The van der Waals surface area contributed by atoms with E-state index < -0.39 is 59.6 Å². The van der Waals surface area contributed by atoms with E-state index in [1.54, 1.807) is 116 Å². The predicted octanol–water partition coefficient (Wildman–Crippen LogP) is 16.9. The zero-order chi connectivity index (χ0) is 113. The number of likely N-dealkylation sites (tertiary alicyclic amines) is 4. The topological polar surface area (TPSA) is 383 Å². The summed E-state index contributed by atoms with van der Waals surface area (Å²) >= 11 is 0. The van der Waals surface area contributed by atoms with Crippen LogP contribution in [0.4, 0.5) is 9.59 Å². The van der Waals surface area contributed by atoms with Gasteiger partial charge in [0.05, 0.1) is 48.7 Å². The molecule has 6 heterocycles. The third-order valence-corrected chi connectivity index (χ3v) is 24.8. The minimum Gasteiger partial charge on any atom is -0.462 e. The molecule has 0 aromatic rings. The molecule has 8 aliphatic rings. The van der Waals surface area contributed by atoms with Crippen LogP contribution in [-0.4, -0.2) is 324 Å². The molecule has 0 atom stereocenters. The van der Waals surface area contributed by atoms with Gasteiger partial charge >= 0.3 is 35.9 Å². The van der Waals surface area contributed by atoms with Crippen LogP contribution in [-0.2, 0) is 95.7 Å². The Kier molecular flexibility index (Phi) is 67.7. The number of rotatable bonds is 40. The second kappa shape index (κ2) is 75.4. The Morgan fingerprint density at radius 1 is 0.260 bits per heavy atom. The Labute approximate surface area is 893 Å². The van der Waals surface area contributed by atoms with Gasteiger partial charge in [0.25, 0.3) is 23.6 Å². The number of hydrogen-bond donors (Lipinski definition) is 0. The van der Waals surface area contributed by atoms with Gasteiger partial charge in [0.2, 0.25) is 0 Å². The highest BCUT2D eigenvalue weighted by atomic mass is 16.6. The van der Waals surface area contributed by atoms with Gasteiger partial charge in [-0.15, -0.1) is 0 Å². The van der Waals surface area contributed by atoms with Crippen LogP contribution in [0.2, 0.25) is 0 Å². The van der Waals surface area contributed by atoms with Crippen LogP contribution in [0.15, 0.2) is 191 Å². The van der Waals surface area contributed by atoms with Crippen LogP contribution < -0.4 is 0 Å². The lowest BCUT2D eigenvalue weighted by Gasteiger charge is -2.28. The van der Waals surface area contributed by atoms with Crippen molar-refractivity contribution in [2.45, 2.75) is 267 Å². The van der Waals surface area contributed by atoms with Crippen LogP contribution in [0.3, 0.4) is 0 Å². The molecule has 8 rings (SSSR count). The van der Waals surface area contributed by atoms with Gasteiger partial charge in [0.1, 0.15) is 22.3 Å². The molecule has 8 amide bonds. The van der Waals surface area contributed by atoms with Gasteiger partial charge in [-0.05, 0) is 318 Å². The van der Waals surface area contributed by atoms with E-state index in [0.717, 1.165) is 124 Å². The molecular weight excluding hydrogens is 1910 g/mol. The van der Waals surface area contributed by atoms with Crippen LogP contribution >= 0.6 is 0 Å². The number of imide groups is 4. The summed E-state index contributed by atoms with van der Waals surface area (Å²) < 4.78 is 19.4. The molecular formula is C116H176N12O22. The van der Waals surface area contributed by atoms with Crippen molar-refractivity contribution >= 4 is 106 Å². The molecule has 150 heavy (non-hydrogen) atoms. The maximum Gasteiger partial charge on any atom is 0.345 e. The van der Waals surface area contributed by atoms with Gasteiger partial charge in [-0.25, -0.2) is 28.8 Å². The summed E-state index contributed by atoms with van der Waals surface area (Å²) in [6.07, 6.45) is 59.8. The van der Waals surface area contributed by atoms with Crippen molar-refractivity contribution < 1.29 is 105 Å². The van der Waals surface area contributed by atoms with E-state index in [0.29, 0.717) is 73.7 Å². The first kappa shape index (κ1) is 135. The average molecular weight is 2090 g/mol. The van der Waals surface area contributed by atoms with Gasteiger partial charge in [-0.1, -0.05) is 55.4 Å². The number of Topliss-reactive ketones (excluding diaryl/α,β-unsaturated/α-hetero) is 8. The Morgan fingerprint density at radius 2 is 0.453 bits per heavy atom. The van der Waals surface area contributed by atoms with E-state index in [1.807, 2.05) is 127 Å². The fourth-order valence-electron chi connectivity index (χ4n) is 15.7. The number of piperidine rings is 4. The standard InChI is InChI=1S/C16H23NO2.C15H23NO4.2C15H23NO2.C14H19N3O3.C14H23NO4.C14H23NO2.C13H19N3O3/c1-16(2)11-14(18)13(15(19)12-16)7-6-10-17-8-4-3-5-9-17;1-3-19-14(17)13(15(18)20-4-2)9-8-12-16-10-6-5-7-11-16;1-5-16(6-2)9-7-8-12-13(17)10-15(3,4)11-14(12)18;1-3-14(17)13(15(18)4-2)9-8-12-16-10-6-5-7-11-16;1-15-12(18)11(13(19)16(2)14(15)20)7-6-10-17-8-4-3-5-9-17;1-5-15(6-2)11-9-10-12(13(16)18-7-3)14(17)19-8-4;1-5-13(16)12(14(17)6-2)10-9-11-15(7-3)8-4;1-5-16(6-2)9-7-8-10-11(17)14(3)13(19)15(4)12(10)18/h6-7,10H,3-5,8-9,11-12H2,1-2H3;8-9,12H,3-7,10-11H2,1-2H3;7-9H,5-6,10-11H2,1-4H3;8-9,12H,3-7,10-11H2,1-2H3;6-7,10H,3-5,8-9H2,1-2H3;9-11H,5-8H2,1-4H3;9-11H,5-8H2,1-4H3;7-9H,5-6H2,1-4H3/b10-6+;12-8+;9-7+;12-8+;10-6+;2*11-9+;9-7+. The highest BCUT2D eigenvalue weighted by Crippen LogP contribution is 2.35. The van der Waals surface area contributed by atoms with Gasteiger partial charge in [0, 0.05) is 184 Å². The third-order valence-electron chi connectivity index (χ3n) is 24.8. The second-order valence-corrected chi connectivity index (χ2v) is 37.4. The maximum absolute atomic E-state index is 12.0. The van der Waals surface area contributed by atoms with Crippen LogP contribution in [0.1, 0.15) is 267 Å². The summed E-state index contributed by atoms with van der Waals surface area (Å²) in [4.78, 5) is 232. The number of esters is 4. The number of carbonyl (C=O) groups is 18. The molecule has 0 aromatic heterocycles. The van der Waals surface area contributed by atoms with Gasteiger partial charge < -0.3 is 58.1 Å². The Balaban J connectivity index is 0.000000858. The molecule has 2 aliphatic carbocycles. The second-order valence-electron chi connectivity index (χ2n) is 37.4. The summed E-state index contributed by atoms with van der Waals surface area (Å²) in [5, 5.41) is 0. The minimum absolute atomic E-state index is 0.00648. The van der Waals surface area contributed by atoms with Crippen molar-refractivity contribution in [2.75, 3.05) is 159 Å². The number of allylic oxidation sites excluding steroid dienone is 20. The fraction of sp³-hybridized carbons (Fsp3) is 0.569. The molecule has 0 N–H and O–H groups in total. The normalized spacial score (nSPS) is 16.7. The average Bonchev–Trinajstić information content (AvgIpc) is 0.795. The minimum atomic E-state index is -0.662. The summed E-state index contributed by atoms with van der Waals surface area (Å²) in [6, 6.07) is -1.21. The molecule has 0 unspecified atom stereocenters. The number of likely N-dealkylation sites (N-methyl/N-ethyl adjacent to an activating group) is 4. The number of nitrogens with zero attached hydrogens (tertiary/aromatic N) is 12. The first-order valence-corrected chi connectivity index (χ1v) is 53.5. The molecule has 0 bridgehead atoms. The Morgan fingerprint density at radius 3 is 0.680 bits per heavy atom. The number of hydrogen-bond acceptors (Lipinski definition) is 30. The quantitative estimate of drug-likeness (QED) is 0.0137. The first-order chi connectivity index (χ1) is 71.4. The SMILES string of the molecule is CC1(C)CC(=O)C(=C/C=C/N2CCCCC2)C(=O)C1.CCC(=O)C(=C/C=C/N(CC)CC)C(=O)CC.CCC(=O)C(=C/C=C/N1CCCCC1)C(=O)CC.CCN(/C=C/C=C1C(=O)CC(C)(C)CC1=O)CC.CCN(/C=C/C=C1C(=O)N(C)C(=O)N(C)C1=O)CC.CCOC(=O)C(=C/C=C/N(CC)CC)C(=O)OCC.CCOC(=O)C(=C/C=C/N1CCCCC1)C(=O)OCC.CN1C(=O)C(=C/C=C/N2CCCCC2)C(=O)N(C)C1=O. The zero-order valence-electron chi connectivity index (χ0n) is 94.5. The van der Waals surface area contributed by atoms with Gasteiger partial charge in [-0.3, -0.25) is 77.1 Å². The zero-order valence-corrected chi connectivity index (χ0v) is 94.5. The number of amides is 8. The molecule has 34 nitrogen and oxygen atoms in total. The van der Waals surface area contributed by atoms with Crippen LogP contribution in [0, 0.1) is 10.8 Å². The van der Waals surface area contributed by atoms with Crippen molar-refractivity contribution in [2.24, 2.45) is 10.8 Å². The van der Waals surface area contributed by atoms with E-state index in [9.17, 15) is 86.3 Å². The Hall–Kier alpha value is -13.3. The number of ketones is 8. The highest BCUT2D eigenvalue weighted by Gasteiger charge is 2.40. The van der Waals surface area contributed by atoms with Crippen LogP contribution in [0.5, 0.6) is 0 Å². The first-order valence-electron chi connectivity index (χ1n) is 53.5. The molecule has 34 heteroatoms. The summed E-state index contributed by atoms with van der Waals surface area (Å²) in [7, 11) is 5.46. The van der Waals surface area contributed by atoms with Crippen molar-refractivity contribution in [3.8, 4) is 0 Å². The van der Waals surface area contributed by atoms with Crippen molar-refractivity contribution in [1.82, 2.24) is 58.8 Å². The molecule has 0 radical (unpaired) electrons. The number of ether oxygens (including phenoxy) is 4. The molecule has 8 fully saturated rings. The number of urea groups is 2. The van der Waals surface area contributed by atoms with Gasteiger partial charge in [-0.2, -0.15) is 0 Å². The van der Waals surface area contributed by atoms with E-state index in [1.165, 1.54) is 130 Å². The monoisotopic (exact) mass is 2090 g/mol. The van der Waals surface area contributed by atoms with E-state index in [4.69, 9.17) is 18.9 Å². The van der Waals surface area contributed by atoms with E-state index in [-0.39, 0.29) is 106 Å². The lowest BCUT2D eigenvalue weighted by molar-refractivity contribution is -0.148. The summed E-state index contributed by atoms with van der Waals surface area (Å²) in [5.74, 6) is -5.23. The predicted molar refractivity (Wildman–Crippen MR) is 587 cm³/mol. The number of carbonyl (C=O) groups excluding carboxylic acids is 18. The third kappa shape index (κ3) is 50.3. The molecule has 6 aliphatic heterocycles. The van der Waals surface area contributed by atoms with Crippen molar-refractivity contribution in [1.29, 1.82) is 0 Å². The molecule has 6 saturated heterocycles. The molecule has 0 aromatic carbocycles. The summed E-state index contributed by atoms with van der Waals surface area (Å²) in [6.45, 7) is 54.4. The maximum atomic E-state index is 12.0. The number of barbiturate groups is 2. The van der Waals surface area contributed by atoms with Crippen molar-refractivity contribution in [3.05, 3.63) is 191 Å². The van der Waals surface area contributed by atoms with E-state index >= 15 is 0 Å². The molecule has 2 saturated carbocycles. The smallest absolute Gasteiger partial charge is 0.345 e. The van der Waals surface area contributed by atoms with Crippen molar-refractivity contribution in [3.63, 3.8) is 0 Å². The van der Waals surface area contributed by atoms with Gasteiger partial charge in [0.15, 0.2) is 46.3 Å². The lowest BCUT2D eigenvalue weighted by atomic mass is 9.74. The van der Waals surface area contributed by atoms with Crippen LogP contribution in [0.25, 0.3) is 0 Å². The summed E-state index contributed by atoms with van der Waals surface area (Å²) in [5.41, 5.74) is 0.887. The largest absolute Gasteiger partial charge is 0.462 e. The molecule has 832 valence electrons. The highest BCUT2D eigenvalue weighted by molar-refractivity contribution is 6.30. The van der Waals surface area contributed by atoms with E-state index in [2.05, 4.69) is 57.1 Å². The molecule has 0 spiro atoms. The Bertz CT molecular complexity index is 4790. The fourth-order valence-corrected chi connectivity index (χ4v) is 15.7. The lowest BCUT2D eigenvalue weighted by Crippen LogP contribution is -2.53.